The van der Waals surface area contributed by atoms with Gasteiger partial charge in [-0.25, -0.2) is 9.99 Å². The van der Waals surface area contributed by atoms with Gasteiger partial charge in [0, 0.05) is 24.4 Å². The van der Waals surface area contributed by atoms with Gasteiger partial charge in [0.05, 0.1) is 24.3 Å². The van der Waals surface area contributed by atoms with Gasteiger partial charge >= 0.3 is 5.69 Å². The number of nitrogens with zero attached hydrogens (tertiary/aromatic N) is 5. The van der Waals surface area contributed by atoms with Crippen molar-refractivity contribution in [2.45, 2.75) is 6.92 Å². The van der Waals surface area contributed by atoms with Crippen molar-refractivity contribution in [3.05, 3.63) is 64.6 Å². The van der Waals surface area contributed by atoms with Gasteiger partial charge in [-0.05, 0) is 24.2 Å². The highest BCUT2D eigenvalue weighted by Gasteiger charge is 2.30. The number of fused-ring (bicyclic) bond motifs is 1. The smallest absolute Gasteiger partial charge is 0.307 e. The summed E-state index contributed by atoms with van der Waals surface area (Å²) in [5.74, 6) is 0.420. The van der Waals surface area contributed by atoms with Gasteiger partial charge in [0.15, 0.2) is 11.6 Å². The third-order valence-corrected chi connectivity index (χ3v) is 4.36. The molecule has 0 radical (unpaired) electrons. The summed E-state index contributed by atoms with van der Waals surface area (Å²) in [6.07, 6.45) is 1.53. The number of rotatable bonds is 6. The van der Waals surface area contributed by atoms with Crippen LogP contribution in [0.2, 0.25) is 0 Å². The van der Waals surface area contributed by atoms with Gasteiger partial charge < -0.3 is 14.9 Å². The minimum atomic E-state index is -0.999. The number of hydrogen-bond acceptors (Lipinski definition) is 9. The van der Waals surface area contributed by atoms with Crippen LogP contribution in [0.1, 0.15) is 6.92 Å². The van der Waals surface area contributed by atoms with Crippen LogP contribution in [0.3, 0.4) is 0 Å². The molecule has 0 bridgehead atoms. The molecule has 154 valence electrons. The number of hydrogen-bond donors (Lipinski definition) is 1. The Morgan fingerprint density at radius 1 is 1.30 bits per heavy atom. The lowest BCUT2D eigenvalue weighted by Crippen LogP contribution is -2.37. The van der Waals surface area contributed by atoms with E-state index >= 15 is 0 Å². The van der Waals surface area contributed by atoms with Crippen LogP contribution in [0.5, 0.6) is 11.5 Å². The van der Waals surface area contributed by atoms with Crippen molar-refractivity contribution in [1.82, 2.24) is 15.1 Å². The first-order valence-corrected chi connectivity index (χ1v) is 8.98. The molecule has 0 fully saturated rings. The van der Waals surface area contributed by atoms with E-state index in [1.807, 2.05) is 31.2 Å². The first-order valence-electron chi connectivity index (χ1n) is 8.98. The van der Waals surface area contributed by atoms with Crippen molar-refractivity contribution < 1.29 is 18.9 Å². The Morgan fingerprint density at radius 2 is 2.10 bits per heavy atom. The molecule has 10 nitrogen and oxygen atoms in total. The molecule has 0 spiro atoms. The number of aromatic nitrogens is 2. The summed E-state index contributed by atoms with van der Waals surface area (Å²) in [6, 6.07) is 11.2. The zero-order valence-corrected chi connectivity index (χ0v) is 16.1. The number of methoxy groups -OCH3 is 1. The maximum Gasteiger partial charge on any atom is 0.307 e. The fourth-order valence-corrected chi connectivity index (χ4v) is 3.03. The Balaban J connectivity index is 1.70. The second-order valence-electron chi connectivity index (χ2n) is 6.16. The molecule has 11 heteroatoms. The van der Waals surface area contributed by atoms with E-state index < -0.39 is 16.4 Å². The van der Waals surface area contributed by atoms with Gasteiger partial charge in [-0.15, -0.1) is 0 Å². The zero-order valence-electron chi connectivity index (χ0n) is 16.1. The third kappa shape index (κ3) is 3.42. The van der Waals surface area contributed by atoms with Gasteiger partial charge in [-0.3, -0.25) is 10.1 Å². The quantitative estimate of drug-likeness (QED) is 0.476. The molecule has 1 N–H and O–H groups in total. The summed E-state index contributed by atoms with van der Waals surface area (Å²) >= 11 is 0. The molecule has 0 atom stereocenters. The molecular formula is C19H17FN6O4. The fourth-order valence-electron chi connectivity index (χ4n) is 3.03. The predicted octanol–water partition coefficient (Wildman–Crippen LogP) is 3.96. The average molecular weight is 412 g/mol. The minimum Gasteiger partial charge on any atom is -0.494 e. The normalized spacial score (nSPS) is 13.0. The number of halogens is 1. The van der Waals surface area contributed by atoms with E-state index in [0.29, 0.717) is 18.1 Å². The van der Waals surface area contributed by atoms with E-state index in [1.165, 1.54) is 13.3 Å². The van der Waals surface area contributed by atoms with E-state index in [0.717, 1.165) is 17.8 Å². The molecule has 4 rings (SSSR count). The minimum absolute atomic E-state index is 0.0807. The highest BCUT2D eigenvalue weighted by atomic mass is 19.1. The van der Waals surface area contributed by atoms with Crippen LogP contribution in [-0.4, -0.2) is 33.7 Å². The topological polar surface area (TPSA) is 106 Å². The third-order valence-electron chi connectivity index (χ3n) is 4.36. The molecule has 2 heterocycles. The first-order chi connectivity index (χ1) is 14.5. The number of nitro groups is 1. The molecule has 30 heavy (non-hydrogen) atoms. The predicted molar refractivity (Wildman–Crippen MR) is 107 cm³/mol. The lowest BCUT2D eigenvalue weighted by atomic mass is 10.2. The molecule has 0 amide bonds. The van der Waals surface area contributed by atoms with Gasteiger partial charge in [-0.1, -0.05) is 12.1 Å². The number of hydroxylamine groups is 1. The largest absolute Gasteiger partial charge is 0.494 e. The van der Waals surface area contributed by atoms with Crippen LogP contribution >= 0.6 is 0 Å². The van der Waals surface area contributed by atoms with Crippen molar-refractivity contribution in [1.29, 1.82) is 0 Å². The number of nitrogens with one attached hydrogen (secondary N) is 1. The Labute approximate surface area is 170 Å². The highest BCUT2D eigenvalue weighted by molar-refractivity contribution is 5.70. The number of anilines is 4. The van der Waals surface area contributed by atoms with Crippen molar-refractivity contribution in [2.24, 2.45) is 0 Å². The lowest BCUT2D eigenvalue weighted by Gasteiger charge is -2.25. The fraction of sp³-hybridized carbons (Fsp3) is 0.158. The summed E-state index contributed by atoms with van der Waals surface area (Å²) in [6.45, 7) is 2.49. The molecule has 1 aliphatic heterocycles. The number of hydrazine groups is 1. The Hall–Kier alpha value is -3.99. The van der Waals surface area contributed by atoms with Crippen LogP contribution in [0, 0.1) is 15.9 Å². The standard InChI is InChI=1S/C19H17FN6O4/c1-3-24-25(14-6-4-5-7-16(14)30-24)18-8-9-21-19(23-18)22-13-11-15(26(27)28)12(20)10-17(13)29-2/h4-11H,3H2,1-2H3,(H,21,22,23). The van der Waals surface area contributed by atoms with Gasteiger partial charge in [0.2, 0.25) is 11.8 Å². The van der Waals surface area contributed by atoms with E-state index in [9.17, 15) is 14.5 Å². The van der Waals surface area contributed by atoms with Crippen LogP contribution in [0.15, 0.2) is 48.7 Å². The summed E-state index contributed by atoms with van der Waals surface area (Å²) in [7, 11) is 1.33. The lowest BCUT2D eigenvalue weighted by molar-refractivity contribution is -0.387. The Morgan fingerprint density at radius 3 is 2.83 bits per heavy atom. The summed E-state index contributed by atoms with van der Waals surface area (Å²) in [5, 5.41) is 17.4. The molecule has 0 aliphatic carbocycles. The van der Waals surface area contributed by atoms with Gasteiger partial charge in [0.25, 0.3) is 0 Å². The second-order valence-corrected chi connectivity index (χ2v) is 6.16. The van der Waals surface area contributed by atoms with Crippen LogP contribution in [0.4, 0.5) is 33.2 Å². The number of ether oxygens (including phenoxy) is 1. The van der Waals surface area contributed by atoms with E-state index in [4.69, 9.17) is 9.57 Å². The van der Waals surface area contributed by atoms with E-state index in [2.05, 4.69) is 15.3 Å². The first kappa shape index (κ1) is 19.3. The van der Waals surface area contributed by atoms with Gasteiger partial charge in [0.1, 0.15) is 11.4 Å². The number of para-hydroxylation sites is 2. The molecule has 1 aromatic heterocycles. The maximum absolute atomic E-state index is 13.9. The van der Waals surface area contributed by atoms with Crippen LogP contribution in [-0.2, 0) is 0 Å². The SMILES string of the molecule is CCN1Oc2ccccc2N1c1ccnc(Nc2cc([N+](=O)[O-])c(F)cc2OC)n1. The highest BCUT2D eigenvalue weighted by Crippen LogP contribution is 2.40. The maximum atomic E-state index is 13.9. The van der Waals surface area contributed by atoms with Crippen LogP contribution < -0.4 is 19.9 Å². The van der Waals surface area contributed by atoms with Crippen molar-refractivity contribution in [2.75, 3.05) is 24.0 Å². The summed E-state index contributed by atoms with van der Waals surface area (Å²) in [5.41, 5.74) is 0.278. The summed E-state index contributed by atoms with van der Waals surface area (Å²) in [4.78, 5) is 24.7. The molecule has 3 aromatic rings. The Kier molecular flexibility index (Phi) is 5.02. The number of nitro benzene ring substituents is 1. The average Bonchev–Trinajstić information content (AvgIpc) is 3.13. The van der Waals surface area contributed by atoms with Crippen molar-refractivity contribution in [3.8, 4) is 11.5 Å². The number of benzene rings is 2. The van der Waals surface area contributed by atoms with Gasteiger partial charge in [-0.2, -0.15) is 9.37 Å². The molecule has 2 aromatic carbocycles. The van der Waals surface area contributed by atoms with E-state index in [-0.39, 0.29) is 17.4 Å². The van der Waals surface area contributed by atoms with Crippen LogP contribution in [0.25, 0.3) is 0 Å². The van der Waals surface area contributed by atoms with E-state index in [1.54, 1.807) is 16.2 Å². The molecule has 0 unspecified atom stereocenters. The Bertz CT molecular complexity index is 1110. The molecule has 0 saturated carbocycles. The van der Waals surface area contributed by atoms with Crippen molar-refractivity contribution in [3.63, 3.8) is 0 Å². The molecular weight excluding hydrogens is 395 g/mol. The molecule has 0 saturated heterocycles. The molecule has 1 aliphatic rings. The summed E-state index contributed by atoms with van der Waals surface area (Å²) < 4.78 is 19.0. The zero-order chi connectivity index (χ0) is 21.3. The monoisotopic (exact) mass is 412 g/mol. The second kappa shape index (κ2) is 7.79. The van der Waals surface area contributed by atoms with Crippen molar-refractivity contribution >= 4 is 28.8 Å².